The Labute approximate surface area is 114 Å². The highest BCUT2D eigenvalue weighted by molar-refractivity contribution is 6.31. The van der Waals surface area contributed by atoms with Gasteiger partial charge in [0.2, 0.25) is 0 Å². The summed E-state index contributed by atoms with van der Waals surface area (Å²) in [5.74, 6) is 0.856. The fourth-order valence-corrected chi connectivity index (χ4v) is 1.60. The van der Waals surface area contributed by atoms with Crippen LogP contribution in [0, 0.1) is 12.8 Å². The second-order valence-electron chi connectivity index (χ2n) is 5.17. The number of benzene rings is 1. The lowest BCUT2D eigenvalue weighted by molar-refractivity contribution is 0.0266. The van der Waals surface area contributed by atoms with Crippen molar-refractivity contribution in [1.82, 2.24) is 0 Å². The van der Waals surface area contributed by atoms with Crippen molar-refractivity contribution in [2.45, 2.75) is 33.3 Å². The molecule has 0 aliphatic heterocycles. The summed E-state index contributed by atoms with van der Waals surface area (Å²) in [5, 5.41) is 14.1. The van der Waals surface area contributed by atoms with Crippen LogP contribution in [0.25, 0.3) is 0 Å². The molecule has 0 fully saturated rings. The molecule has 0 aromatic heterocycles. The third-order valence-electron chi connectivity index (χ3n) is 3.36. The molecule has 0 spiro atoms. The van der Waals surface area contributed by atoms with Gasteiger partial charge >= 0.3 is 0 Å². The third-order valence-corrected chi connectivity index (χ3v) is 3.77. The Morgan fingerprint density at radius 2 is 2.06 bits per heavy atom. The first kappa shape index (κ1) is 15.1. The first-order chi connectivity index (χ1) is 8.27. The molecule has 1 atom stereocenters. The molecule has 0 heterocycles. The fourth-order valence-electron chi connectivity index (χ4n) is 1.45. The van der Waals surface area contributed by atoms with E-state index in [0.717, 1.165) is 11.3 Å². The molecule has 0 aliphatic carbocycles. The maximum Gasteiger partial charge on any atom is 0.143 e. The van der Waals surface area contributed by atoms with Gasteiger partial charge in [-0.15, -0.1) is 0 Å². The largest absolute Gasteiger partial charge is 0.495 e. The molecule has 4 heteroatoms. The van der Waals surface area contributed by atoms with Crippen LogP contribution in [-0.4, -0.2) is 24.4 Å². The molecule has 0 radical (unpaired) electrons. The minimum absolute atomic E-state index is 0.171. The predicted octanol–water partition coefficient (Wildman–Crippen LogP) is 3.48. The third kappa shape index (κ3) is 3.53. The molecule has 0 amide bonds. The first-order valence-electron chi connectivity index (χ1n) is 6.08. The number of ether oxygens (including phenoxy) is 1. The topological polar surface area (TPSA) is 41.5 Å². The van der Waals surface area contributed by atoms with Crippen LogP contribution in [0.15, 0.2) is 12.1 Å². The highest BCUT2D eigenvalue weighted by atomic mass is 35.5. The average Bonchev–Trinajstić information content (AvgIpc) is 2.30. The Morgan fingerprint density at radius 1 is 1.44 bits per heavy atom. The molecule has 102 valence electrons. The van der Waals surface area contributed by atoms with Gasteiger partial charge in [0.25, 0.3) is 0 Å². The minimum atomic E-state index is -0.765. The molecule has 0 bridgehead atoms. The van der Waals surface area contributed by atoms with E-state index >= 15 is 0 Å². The fraction of sp³-hybridized carbons (Fsp3) is 0.571. The molecular weight excluding hydrogens is 250 g/mol. The van der Waals surface area contributed by atoms with Crippen molar-refractivity contribution in [3.05, 3.63) is 22.7 Å². The summed E-state index contributed by atoms with van der Waals surface area (Å²) in [7, 11) is 1.60. The van der Waals surface area contributed by atoms with Crippen LogP contribution in [0.5, 0.6) is 5.75 Å². The van der Waals surface area contributed by atoms with Gasteiger partial charge in [-0.1, -0.05) is 25.4 Å². The highest BCUT2D eigenvalue weighted by Gasteiger charge is 2.24. The zero-order chi connectivity index (χ0) is 13.9. The smallest absolute Gasteiger partial charge is 0.143 e. The van der Waals surface area contributed by atoms with Crippen LogP contribution < -0.4 is 10.1 Å². The summed E-state index contributed by atoms with van der Waals surface area (Å²) >= 11 is 6.05. The maximum absolute atomic E-state index is 10.2. The average molecular weight is 272 g/mol. The number of nitrogens with one attached hydrogen (secondary N) is 1. The highest BCUT2D eigenvalue weighted by Crippen LogP contribution is 2.31. The van der Waals surface area contributed by atoms with Crippen LogP contribution in [0.4, 0.5) is 5.69 Å². The van der Waals surface area contributed by atoms with Crippen LogP contribution in [0.3, 0.4) is 0 Å². The van der Waals surface area contributed by atoms with Gasteiger partial charge in [0.1, 0.15) is 5.75 Å². The number of halogens is 1. The Bertz CT molecular complexity index is 417. The summed E-state index contributed by atoms with van der Waals surface area (Å²) in [6.45, 7) is 8.20. The molecule has 0 saturated carbocycles. The van der Waals surface area contributed by atoms with E-state index < -0.39 is 5.60 Å². The Balaban J connectivity index is 2.88. The van der Waals surface area contributed by atoms with Crippen LogP contribution in [0.1, 0.15) is 26.3 Å². The van der Waals surface area contributed by atoms with E-state index in [-0.39, 0.29) is 5.92 Å². The van der Waals surface area contributed by atoms with E-state index in [1.54, 1.807) is 13.2 Å². The molecule has 3 nitrogen and oxygen atoms in total. The number of aliphatic hydroxyl groups is 1. The van der Waals surface area contributed by atoms with Gasteiger partial charge in [-0.05, 0) is 31.4 Å². The molecule has 1 aromatic carbocycles. The zero-order valence-electron chi connectivity index (χ0n) is 11.7. The standard InChI is InChI=1S/C14H22ClNO2/c1-9(2)14(4,17)8-16-12-6-10(3)11(15)7-13(12)18-5/h6-7,9,16-17H,8H2,1-5H3. The van der Waals surface area contributed by atoms with Gasteiger partial charge in [0, 0.05) is 17.6 Å². The number of hydrogen-bond donors (Lipinski definition) is 2. The van der Waals surface area contributed by atoms with Gasteiger partial charge in [0.05, 0.1) is 18.4 Å². The summed E-state index contributed by atoms with van der Waals surface area (Å²) < 4.78 is 5.28. The SMILES string of the molecule is COc1cc(Cl)c(C)cc1NCC(C)(O)C(C)C. The van der Waals surface area contributed by atoms with Crippen LogP contribution in [0.2, 0.25) is 5.02 Å². The van der Waals surface area contributed by atoms with E-state index in [9.17, 15) is 5.11 Å². The van der Waals surface area contributed by atoms with Gasteiger partial charge in [-0.25, -0.2) is 0 Å². The van der Waals surface area contributed by atoms with Gasteiger partial charge < -0.3 is 15.2 Å². The molecule has 1 aromatic rings. The van der Waals surface area contributed by atoms with Crippen molar-refractivity contribution in [2.75, 3.05) is 19.0 Å². The maximum atomic E-state index is 10.2. The van der Waals surface area contributed by atoms with Crippen molar-refractivity contribution in [2.24, 2.45) is 5.92 Å². The van der Waals surface area contributed by atoms with Crippen molar-refractivity contribution in [3.63, 3.8) is 0 Å². The first-order valence-corrected chi connectivity index (χ1v) is 6.46. The quantitative estimate of drug-likeness (QED) is 0.862. The Kier molecular flexibility index (Phi) is 4.88. The van der Waals surface area contributed by atoms with Gasteiger partial charge in [-0.2, -0.15) is 0 Å². The van der Waals surface area contributed by atoms with Crippen LogP contribution >= 0.6 is 11.6 Å². The van der Waals surface area contributed by atoms with E-state index in [4.69, 9.17) is 16.3 Å². The molecule has 1 unspecified atom stereocenters. The summed E-state index contributed by atoms with van der Waals surface area (Å²) in [5.41, 5.74) is 1.06. The van der Waals surface area contributed by atoms with Gasteiger partial charge in [0.15, 0.2) is 0 Å². The van der Waals surface area contributed by atoms with E-state index in [1.807, 2.05) is 33.8 Å². The second-order valence-corrected chi connectivity index (χ2v) is 5.57. The van der Waals surface area contributed by atoms with E-state index in [1.165, 1.54) is 0 Å². The van der Waals surface area contributed by atoms with Crippen LogP contribution in [-0.2, 0) is 0 Å². The van der Waals surface area contributed by atoms with Gasteiger partial charge in [-0.3, -0.25) is 0 Å². The lowest BCUT2D eigenvalue weighted by atomic mass is 9.92. The summed E-state index contributed by atoms with van der Waals surface area (Å²) in [6.07, 6.45) is 0. The van der Waals surface area contributed by atoms with Crippen molar-refractivity contribution in [1.29, 1.82) is 0 Å². The number of rotatable bonds is 5. The molecule has 0 saturated heterocycles. The lowest BCUT2D eigenvalue weighted by Crippen LogP contribution is -2.38. The van der Waals surface area contributed by atoms with Crippen molar-refractivity contribution in [3.8, 4) is 5.75 Å². The normalized spacial score (nSPS) is 14.4. The molecule has 2 N–H and O–H groups in total. The predicted molar refractivity (Wildman–Crippen MR) is 76.7 cm³/mol. The molecule has 18 heavy (non-hydrogen) atoms. The van der Waals surface area contributed by atoms with Crippen molar-refractivity contribution < 1.29 is 9.84 Å². The monoisotopic (exact) mass is 271 g/mol. The Morgan fingerprint density at radius 3 is 2.56 bits per heavy atom. The minimum Gasteiger partial charge on any atom is -0.495 e. The molecule has 1 rings (SSSR count). The summed E-state index contributed by atoms with van der Waals surface area (Å²) in [4.78, 5) is 0. The molecule has 0 aliphatic rings. The number of methoxy groups -OCH3 is 1. The second kappa shape index (κ2) is 5.81. The summed E-state index contributed by atoms with van der Waals surface area (Å²) in [6, 6.07) is 3.71. The number of aryl methyl sites for hydroxylation is 1. The lowest BCUT2D eigenvalue weighted by Gasteiger charge is -2.28. The van der Waals surface area contributed by atoms with E-state index in [0.29, 0.717) is 17.3 Å². The number of hydrogen-bond acceptors (Lipinski definition) is 3. The van der Waals surface area contributed by atoms with Crippen molar-refractivity contribution >= 4 is 17.3 Å². The van der Waals surface area contributed by atoms with E-state index in [2.05, 4.69) is 5.32 Å². The zero-order valence-corrected chi connectivity index (χ0v) is 12.4. The Hall–Kier alpha value is -0.930. The number of anilines is 1. The molecular formula is C14H22ClNO2.